The van der Waals surface area contributed by atoms with Crippen LogP contribution < -0.4 is 14.8 Å². The Morgan fingerprint density at radius 1 is 0.889 bits per heavy atom. The maximum Gasteiger partial charge on any atom is 0.263 e. The summed E-state index contributed by atoms with van der Waals surface area (Å²) in [6, 6.07) is 19.3. The normalized spacial score (nSPS) is 11.0. The van der Waals surface area contributed by atoms with Crippen LogP contribution in [-0.4, -0.2) is 25.2 Å². The molecule has 0 aliphatic rings. The Bertz CT molecular complexity index is 960. The van der Waals surface area contributed by atoms with Crippen molar-refractivity contribution in [2.24, 2.45) is 0 Å². The zero-order valence-corrected chi connectivity index (χ0v) is 15.6. The minimum absolute atomic E-state index is 0.124. The quantitative estimate of drug-likeness (QED) is 0.619. The average Bonchev–Trinajstić information content (AvgIpc) is 2.69. The molecule has 3 rings (SSSR count). The molecule has 0 fully saturated rings. The summed E-state index contributed by atoms with van der Waals surface area (Å²) >= 11 is 0. The molecule has 0 aliphatic heterocycles. The van der Waals surface area contributed by atoms with E-state index in [9.17, 15) is 8.42 Å². The highest BCUT2D eigenvalue weighted by atomic mass is 32.2. The number of hydrogen-bond acceptors (Lipinski definition) is 6. The second kappa shape index (κ2) is 8.50. The van der Waals surface area contributed by atoms with E-state index in [0.29, 0.717) is 24.7 Å². The van der Waals surface area contributed by atoms with E-state index in [1.54, 1.807) is 24.3 Å². The van der Waals surface area contributed by atoms with Crippen LogP contribution in [0.2, 0.25) is 0 Å². The van der Waals surface area contributed by atoms with Crippen molar-refractivity contribution in [2.45, 2.75) is 18.4 Å². The van der Waals surface area contributed by atoms with Gasteiger partial charge in [0.05, 0.1) is 11.5 Å². The largest absolute Gasteiger partial charge is 0.494 e. The molecule has 1 heterocycles. The maximum absolute atomic E-state index is 12.4. The number of nitrogens with zero attached hydrogens (tertiary/aromatic N) is 2. The van der Waals surface area contributed by atoms with Gasteiger partial charge in [-0.3, -0.25) is 4.72 Å². The third-order valence-electron chi connectivity index (χ3n) is 3.66. The highest BCUT2D eigenvalue weighted by Gasteiger charge is 2.15. The Balaban J connectivity index is 1.62. The molecule has 0 saturated carbocycles. The molecule has 0 aliphatic carbocycles. The van der Waals surface area contributed by atoms with Gasteiger partial charge in [-0.15, -0.1) is 10.2 Å². The lowest BCUT2D eigenvalue weighted by molar-refractivity contribution is 0.340. The summed E-state index contributed by atoms with van der Waals surface area (Å²) in [5.74, 6) is 1.32. The van der Waals surface area contributed by atoms with Crippen LogP contribution in [0.3, 0.4) is 0 Å². The lowest BCUT2D eigenvalue weighted by Crippen LogP contribution is -2.14. The summed E-state index contributed by atoms with van der Waals surface area (Å²) in [6.07, 6.45) is 0. The van der Waals surface area contributed by atoms with Crippen molar-refractivity contribution in [3.8, 4) is 5.75 Å². The van der Waals surface area contributed by atoms with Gasteiger partial charge in [-0.2, -0.15) is 0 Å². The molecular weight excluding hydrogens is 364 g/mol. The zero-order chi connectivity index (χ0) is 19.1. The second-order valence-corrected chi connectivity index (χ2v) is 7.34. The number of benzene rings is 2. The van der Waals surface area contributed by atoms with E-state index >= 15 is 0 Å². The highest BCUT2D eigenvalue weighted by Crippen LogP contribution is 2.18. The predicted octanol–water partition coefficient (Wildman–Crippen LogP) is 3.29. The summed E-state index contributed by atoms with van der Waals surface area (Å²) in [5, 5.41) is 11.1. The van der Waals surface area contributed by atoms with Gasteiger partial charge in [0.15, 0.2) is 5.82 Å². The summed E-state index contributed by atoms with van der Waals surface area (Å²) in [7, 11) is -3.74. The van der Waals surface area contributed by atoms with Crippen molar-refractivity contribution in [3.63, 3.8) is 0 Å². The van der Waals surface area contributed by atoms with E-state index in [-0.39, 0.29) is 10.7 Å². The molecule has 27 heavy (non-hydrogen) atoms. The molecule has 0 unspecified atom stereocenters. The predicted molar refractivity (Wildman–Crippen MR) is 104 cm³/mol. The Hall–Kier alpha value is -3.13. The van der Waals surface area contributed by atoms with Crippen molar-refractivity contribution in [2.75, 3.05) is 16.6 Å². The van der Waals surface area contributed by atoms with Gasteiger partial charge in [0.25, 0.3) is 10.0 Å². The van der Waals surface area contributed by atoms with Crippen LogP contribution in [-0.2, 0) is 16.6 Å². The molecular formula is C19H20N4O3S. The van der Waals surface area contributed by atoms with Crippen LogP contribution in [0.1, 0.15) is 12.5 Å². The molecule has 2 aromatic carbocycles. The van der Waals surface area contributed by atoms with Gasteiger partial charge in [-0.05, 0) is 48.9 Å². The number of sulfonamides is 1. The molecule has 0 atom stereocenters. The van der Waals surface area contributed by atoms with Crippen LogP contribution in [0, 0.1) is 0 Å². The Kier molecular flexibility index (Phi) is 5.87. The number of ether oxygens (including phenoxy) is 1. The van der Waals surface area contributed by atoms with Crippen molar-refractivity contribution >= 4 is 21.7 Å². The monoisotopic (exact) mass is 384 g/mol. The van der Waals surface area contributed by atoms with E-state index in [0.717, 1.165) is 5.56 Å². The van der Waals surface area contributed by atoms with Gasteiger partial charge in [0, 0.05) is 6.54 Å². The van der Waals surface area contributed by atoms with Crippen LogP contribution in [0.5, 0.6) is 5.75 Å². The summed E-state index contributed by atoms with van der Waals surface area (Å²) < 4.78 is 32.6. The fraction of sp³-hybridized carbons (Fsp3) is 0.158. The lowest BCUT2D eigenvalue weighted by Gasteiger charge is -2.09. The molecule has 2 N–H and O–H groups in total. The SMILES string of the molecule is CCOc1ccc(S(=O)(=O)Nc2ccc(NCc3ccccc3)nn2)cc1. The molecule has 7 nitrogen and oxygen atoms in total. The first-order chi connectivity index (χ1) is 13.1. The Morgan fingerprint density at radius 3 is 2.19 bits per heavy atom. The number of nitrogens with one attached hydrogen (secondary N) is 2. The van der Waals surface area contributed by atoms with E-state index in [1.165, 1.54) is 12.1 Å². The smallest absolute Gasteiger partial charge is 0.263 e. The molecule has 140 valence electrons. The Morgan fingerprint density at radius 2 is 1.56 bits per heavy atom. The number of aromatic nitrogens is 2. The number of anilines is 2. The fourth-order valence-electron chi connectivity index (χ4n) is 2.35. The van der Waals surface area contributed by atoms with Gasteiger partial charge in [-0.25, -0.2) is 8.42 Å². The maximum atomic E-state index is 12.4. The Labute approximate surface area is 158 Å². The molecule has 1 aromatic heterocycles. The summed E-state index contributed by atoms with van der Waals surface area (Å²) in [6.45, 7) is 2.99. The second-order valence-electron chi connectivity index (χ2n) is 5.65. The van der Waals surface area contributed by atoms with Gasteiger partial charge >= 0.3 is 0 Å². The minimum atomic E-state index is -3.74. The first kappa shape index (κ1) is 18.7. The number of hydrogen-bond donors (Lipinski definition) is 2. The topological polar surface area (TPSA) is 93.2 Å². The van der Waals surface area contributed by atoms with Crippen LogP contribution in [0.25, 0.3) is 0 Å². The van der Waals surface area contributed by atoms with Crippen LogP contribution >= 0.6 is 0 Å². The highest BCUT2D eigenvalue weighted by molar-refractivity contribution is 7.92. The van der Waals surface area contributed by atoms with Gasteiger partial charge in [0.2, 0.25) is 0 Å². The summed E-state index contributed by atoms with van der Waals surface area (Å²) in [4.78, 5) is 0.124. The lowest BCUT2D eigenvalue weighted by atomic mass is 10.2. The minimum Gasteiger partial charge on any atom is -0.494 e. The van der Waals surface area contributed by atoms with E-state index in [4.69, 9.17) is 4.74 Å². The summed E-state index contributed by atoms with van der Waals surface area (Å²) in [5.41, 5.74) is 1.11. The van der Waals surface area contributed by atoms with E-state index in [2.05, 4.69) is 20.2 Å². The van der Waals surface area contributed by atoms with Gasteiger partial charge in [-0.1, -0.05) is 30.3 Å². The van der Waals surface area contributed by atoms with E-state index < -0.39 is 10.0 Å². The molecule has 0 spiro atoms. The van der Waals surface area contributed by atoms with Gasteiger partial charge < -0.3 is 10.1 Å². The number of rotatable bonds is 8. The molecule has 0 saturated heterocycles. The third kappa shape index (κ3) is 5.18. The zero-order valence-electron chi connectivity index (χ0n) is 14.8. The molecule has 0 bridgehead atoms. The van der Waals surface area contributed by atoms with Crippen molar-refractivity contribution in [3.05, 3.63) is 72.3 Å². The molecule has 8 heteroatoms. The molecule has 3 aromatic rings. The van der Waals surface area contributed by atoms with Crippen molar-refractivity contribution in [1.29, 1.82) is 0 Å². The van der Waals surface area contributed by atoms with Crippen molar-refractivity contribution in [1.82, 2.24) is 10.2 Å². The van der Waals surface area contributed by atoms with Crippen LogP contribution in [0.15, 0.2) is 71.6 Å². The first-order valence-corrected chi connectivity index (χ1v) is 9.92. The first-order valence-electron chi connectivity index (χ1n) is 8.44. The molecule has 0 amide bonds. The van der Waals surface area contributed by atoms with Gasteiger partial charge in [0.1, 0.15) is 11.6 Å². The fourth-order valence-corrected chi connectivity index (χ4v) is 3.34. The standard InChI is InChI=1S/C19H20N4O3S/c1-2-26-16-8-10-17(11-9-16)27(24,25)23-19-13-12-18(21-22-19)20-14-15-6-4-3-5-7-15/h3-13H,2,14H2,1H3,(H,20,21)(H,22,23). The molecule has 0 radical (unpaired) electrons. The van der Waals surface area contributed by atoms with Crippen LogP contribution in [0.4, 0.5) is 11.6 Å². The average molecular weight is 384 g/mol. The third-order valence-corrected chi connectivity index (χ3v) is 5.04. The van der Waals surface area contributed by atoms with Crippen molar-refractivity contribution < 1.29 is 13.2 Å². The van der Waals surface area contributed by atoms with E-state index in [1.807, 2.05) is 37.3 Å².